The van der Waals surface area contributed by atoms with Gasteiger partial charge in [-0.15, -0.1) is 0 Å². The second kappa shape index (κ2) is 7.41. The number of hydrogen-bond donors (Lipinski definition) is 2. The first-order valence-electron chi connectivity index (χ1n) is 6.88. The van der Waals surface area contributed by atoms with E-state index in [9.17, 15) is 4.79 Å². The Morgan fingerprint density at radius 2 is 1.80 bits per heavy atom. The first kappa shape index (κ1) is 15.0. The highest BCUT2D eigenvalue weighted by Gasteiger charge is 2.03. The Morgan fingerprint density at radius 3 is 2.60 bits per heavy atom. The molecule has 3 N–H and O–H groups in total. The van der Waals surface area contributed by atoms with E-state index in [1.54, 1.807) is 0 Å². The highest BCUT2D eigenvalue weighted by molar-refractivity contribution is 9.10. The lowest BCUT2D eigenvalue weighted by atomic mass is 10.1. The van der Waals surface area contributed by atoms with E-state index in [0.717, 1.165) is 40.2 Å². The summed E-state index contributed by atoms with van der Waals surface area (Å²) in [6.07, 6.45) is 3.44. The van der Waals surface area contributed by atoms with Gasteiger partial charge in [-0.3, -0.25) is 4.79 Å². The van der Waals surface area contributed by atoms with Crippen molar-refractivity contribution in [2.45, 2.75) is 25.7 Å². The smallest absolute Gasteiger partial charge is 0.224 e. The minimum Gasteiger partial charge on any atom is -0.330 e. The van der Waals surface area contributed by atoms with Gasteiger partial charge < -0.3 is 11.1 Å². The highest BCUT2D eigenvalue weighted by Crippen LogP contribution is 2.23. The van der Waals surface area contributed by atoms with E-state index in [1.165, 1.54) is 0 Å². The molecule has 0 aromatic heterocycles. The van der Waals surface area contributed by atoms with Crippen LogP contribution in [0.25, 0.3) is 10.8 Å². The number of carbonyl (C=O) groups is 1. The van der Waals surface area contributed by atoms with Crippen LogP contribution in [0.15, 0.2) is 40.9 Å². The Hall–Kier alpha value is -1.39. The van der Waals surface area contributed by atoms with Crippen molar-refractivity contribution in [3.63, 3.8) is 0 Å². The van der Waals surface area contributed by atoms with Crippen molar-refractivity contribution in [1.82, 2.24) is 0 Å². The second-order valence-corrected chi connectivity index (χ2v) is 5.77. The monoisotopic (exact) mass is 334 g/mol. The van der Waals surface area contributed by atoms with Gasteiger partial charge in [-0.05, 0) is 54.4 Å². The van der Waals surface area contributed by atoms with Crippen molar-refractivity contribution in [2.75, 3.05) is 11.9 Å². The molecule has 0 saturated heterocycles. The van der Waals surface area contributed by atoms with Crippen molar-refractivity contribution in [2.24, 2.45) is 5.73 Å². The van der Waals surface area contributed by atoms with Gasteiger partial charge in [0.15, 0.2) is 0 Å². The summed E-state index contributed by atoms with van der Waals surface area (Å²) in [4.78, 5) is 11.8. The van der Waals surface area contributed by atoms with Crippen LogP contribution in [0, 0.1) is 0 Å². The van der Waals surface area contributed by atoms with Gasteiger partial charge in [0.25, 0.3) is 0 Å². The van der Waals surface area contributed by atoms with Gasteiger partial charge in [0.05, 0.1) is 0 Å². The molecule has 1 amide bonds. The van der Waals surface area contributed by atoms with Crippen LogP contribution in [0.5, 0.6) is 0 Å². The largest absolute Gasteiger partial charge is 0.330 e. The number of halogens is 1. The van der Waals surface area contributed by atoms with Gasteiger partial charge >= 0.3 is 0 Å². The first-order valence-corrected chi connectivity index (χ1v) is 7.67. The molecule has 0 spiro atoms. The summed E-state index contributed by atoms with van der Waals surface area (Å²) in [5.41, 5.74) is 6.28. The molecule has 20 heavy (non-hydrogen) atoms. The summed E-state index contributed by atoms with van der Waals surface area (Å²) in [6.45, 7) is 0.696. The third kappa shape index (κ3) is 4.32. The molecule has 3 nitrogen and oxygen atoms in total. The molecule has 4 heteroatoms. The maximum absolute atomic E-state index is 11.8. The number of nitrogens with one attached hydrogen (secondary N) is 1. The van der Waals surface area contributed by atoms with E-state index in [-0.39, 0.29) is 5.91 Å². The number of benzene rings is 2. The number of nitrogens with two attached hydrogens (primary N) is 1. The fourth-order valence-corrected chi connectivity index (χ4v) is 2.50. The van der Waals surface area contributed by atoms with Crippen LogP contribution in [0.3, 0.4) is 0 Å². The van der Waals surface area contributed by atoms with Crippen LogP contribution < -0.4 is 11.1 Å². The molecular weight excluding hydrogens is 316 g/mol. The topological polar surface area (TPSA) is 55.1 Å². The van der Waals surface area contributed by atoms with Crippen molar-refractivity contribution in [3.05, 3.63) is 40.9 Å². The number of rotatable bonds is 6. The molecule has 0 aliphatic carbocycles. The molecule has 0 heterocycles. The molecular formula is C16H19BrN2O. The van der Waals surface area contributed by atoms with E-state index in [0.29, 0.717) is 13.0 Å². The molecule has 0 aliphatic heterocycles. The molecule has 2 aromatic carbocycles. The molecule has 0 radical (unpaired) electrons. The summed E-state index contributed by atoms with van der Waals surface area (Å²) in [5.74, 6) is 0.0680. The normalized spacial score (nSPS) is 10.7. The summed E-state index contributed by atoms with van der Waals surface area (Å²) in [6, 6.07) is 12.1. The quantitative estimate of drug-likeness (QED) is 0.782. The molecule has 0 fully saturated rings. The van der Waals surface area contributed by atoms with E-state index in [2.05, 4.69) is 27.3 Å². The zero-order valence-corrected chi connectivity index (χ0v) is 12.9. The maximum Gasteiger partial charge on any atom is 0.224 e. The Labute approximate surface area is 127 Å². The Bertz CT molecular complexity index is 598. The standard InChI is InChI=1S/C16H19BrN2O/c17-14-7-5-13-11-15(8-6-12(13)10-14)19-16(20)4-2-1-3-9-18/h5-8,10-11H,1-4,9,18H2,(H,19,20). The zero-order chi connectivity index (χ0) is 14.4. The van der Waals surface area contributed by atoms with Crippen LogP contribution in [-0.4, -0.2) is 12.5 Å². The van der Waals surface area contributed by atoms with Crippen LogP contribution in [0.2, 0.25) is 0 Å². The molecule has 0 atom stereocenters. The van der Waals surface area contributed by atoms with Crippen LogP contribution in [0.1, 0.15) is 25.7 Å². The predicted octanol–water partition coefficient (Wildman–Crippen LogP) is 4.06. The van der Waals surface area contributed by atoms with Crippen LogP contribution in [-0.2, 0) is 4.79 Å². The SMILES string of the molecule is NCCCCCC(=O)Nc1ccc2cc(Br)ccc2c1. The highest BCUT2D eigenvalue weighted by atomic mass is 79.9. The van der Waals surface area contributed by atoms with Crippen molar-refractivity contribution >= 4 is 38.3 Å². The molecule has 2 aromatic rings. The summed E-state index contributed by atoms with van der Waals surface area (Å²) in [7, 11) is 0. The van der Waals surface area contributed by atoms with Gasteiger partial charge in [-0.1, -0.05) is 34.5 Å². The van der Waals surface area contributed by atoms with Gasteiger partial charge in [0.1, 0.15) is 0 Å². The fraction of sp³-hybridized carbons (Fsp3) is 0.312. The lowest BCUT2D eigenvalue weighted by molar-refractivity contribution is -0.116. The van der Waals surface area contributed by atoms with Gasteiger partial charge in [0.2, 0.25) is 5.91 Å². The summed E-state index contributed by atoms with van der Waals surface area (Å²) >= 11 is 3.45. The molecule has 0 bridgehead atoms. The fourth-order valence-electron chi connectivity index (χ4n) is 2.12. The number of carbonyl (C=O) groups excluding carboxylic acids is 1. The number of hydrogen-bond acceptors (Lipinski definition) is 2. The lowest BCUT2D eigenvalue weighted by Gasteiger charge is -2.07. The maximum atomic E-state index is 11.8. The van der Waals surface area contributed by atoms with E-state index >= 15 is 0 Å². The van der Waals surface area contributed by atoms with Crippen LogP contribution in [0.4, 0.5) is 5.69 Å². The van der Waals surface area contributed by atoms with Gasteiger partial charge in [0, 0.05) is 16.6 Å². The average molecular weight is 335 g/mol. The number of anilines is 1. The van der Waals surface area contributed by atoms with Crippen LogP contribution >= 0.6 is 15.9 Å². The zero-order valence-electron chi connectivity index (χ0n) is 11.4. The molecule has 0 saturated carbocycles. The molecule has 0 aliphatic rings. The Morgan fingerprint density at radius 1 is 1.05 bits per heavy atom. The second-order valence-electron chi connectivity index (χ2n) is 4.85. The third-order valence-corrected chi connectivity index (χ3v) is 3.69. The number of fused-ring (bicyclic) bond motifs is 1. The van der Waals surface area contributed by atoms with E-state index in [1.807, 2.05) is 30.3 Å². The van der Waals surface area contributed by atoms with Crippen molar-refractivity contribution in [1.29, 1.82) is 0 Å². The molecule has 2 rings (SSSR count). The van der Waals surface area contributed by atoms with E-state index in [4.69, 9.17) is 5.73 Å². The Kier molecular flexibility index (Phi) is 5.56. The van der Waals surface area contributed by atoms with Crippen molar-refractivity contribution in [3.8, 4) is 0 Å². The molecule has 0 unspecified atom stereocenters. The van der Waals surface area contributed by atoms with E-state index < -0.39 is 0 Å². The summed E-state index contributed by atoms with van der Waals surface area (Å²) < 4.78 is 1.06. The van der Waals surface area contributed by atoms with Gasteiger partial charge in [-0.25, -0.2) is 0 Å². The minimum absolute atomic E-state index is 0.0680. The average Bonchev–Trinajstić information content (AvgIpc) is 2.44. The minimum atomic E-state index is 0.0680. The third-order valence-electron chi connectivity index (χ3n) is 3.19. The number of unbranched alkanes of at least 4 members (excludes halogenated alkanes) is 2. The molecule has 106 valence electrons. The number of amides is 1. The Balaban J connectivity index is 1.96. The van der Waals surface area contributed by atoms with Gasteiger partial charge in [-0.2, -0.15) is 0 Å². The predicted molar refractivity (Wildman–Crippen MR) is 87.8 cm³/mol. The first-order chi connectivity index (χ1) is 9.69. The van der Waals surface area contributed by atoms with Crippen molar-refractivity contribution < 1.29 is 4.79 Å². The summed E-state index contributed by atoms with van der Waals surface area (Å²) in [5, 5.41) is 5.22. The lowest BCUT2D eigenvalue weighted by Crippen LogP contribution is -2.11.